The maximum Gasteiger partial charge on any atom is 0.308 e. The molecule has 2 amide bonds. The van der Waals surface area contributed by atoms with Crippen molar-refractivity contribution in [3.05, 3.63) is 18.2 Å². The first-order valence-electron chi connectivity index (χ1n) is 5.38. The number of hydrogen-bond acceptors (Lipinski definition) is 4. The molecule has 0 aliphatic heterocycles. The molecule has 1 aromatic rings. The first-order chi connectivity index (χ1) is 8.92. The number of ether oxygens (including phenoxy) is 1. The van der Waals surface area contributed by atoms with Gasteiger partial charge in [0.2, 0.25) is 11.8 Å². The van der Waals surface area contributed by atoms with Crippen molar-refractivity contribution in [1.82, 2.24) is 0 Å². The largest absolute Gasteiger partial charge is 0.427 e. The van der Waals surface area contributed by atoms with Crippen molar-refractivity contribution < 1.29 is 19.1 Å². The predicted octanol–water partition coefficient (Wildman–Crippen LogP) is 1.75. The number of carbonyl (C=O) groups excluding carboxylic acids is 3. The molecule has 0 aliphatic rings. The van der Waals surface area contributed by atoms with Crippen molar-refractivity contribution in [3.8, 4) is 5.75 Å². The summed E-state index contributed by atoms with van der Waals surface area (Å²) in [5.74, 6) is -1.18. The van der Waals surface area contributed by atoms with Crippen LogP contribution in [0, 0.1) is 0 Å². The molecule has 0 fully saturated rings. The summed E-state index contributed by atoms with van der Waals surface area (Å²) in [5, 5.41) is 5.05. The van der Waals surface area contributed by atoms with Crippen LogP contribution >= 0.6 is 11.6 Å². The van der Waals surface area contributed by atoms with Gasteiger partial charge in [0, 0.05) is 19.9 Å². The zero-order valence-corrected chi connectivity index (χ0v) is 11.2. The van der Waals surface area contributed by atoms with Gasteiger partial charge in [0.1, 0.15) is 11.6 Å². The summed E-state index contributed by atoms with van der Waals surface area (Å²) in [5.41, 5.74) is 0.696. The van der Waals surface area contributed by atoms with E-state index in [-0.39, 0.29) is 17.5 Å². The molecule has 0 unspecified atom stereocenters. The van der Waals surface area contributed by atoms with Crippen molar-refractivity contribution in [2.45, 2.75) is 13.8 Å². The number of rotatable bonds is 4. The van der Waals surface area contributed by atoms with Gasteiger partial charge >= 0.3 is 5.97 Å². The number of carbonyl (C=O) groups is 3. The van der Waals surface area contributed by atoms with E-state index in [1.807, 2.05) is 0 Å². The lowest BCUT2D eigenvalue weighted by Crippen LogP contribution is -2.16. The lowest BCUT2D eigenvalue weighted by Gasteiger charge is -2.12. The van der Waals surface area contributed by atoms with Crippen molar-refractivity contribution in [2.24, 2.45) is 0 Å². The Morgan fingerprint density at radius 2 is 1.84 bits per heavy atom. The minimum Gasteiger partial charge on any atom is -0.427 e. The summed E-state index contributed by atoms with van der Waals surface area (Å²) < 4.78 is 4.89. The van der Waals surface area contributed by atoms with Crippen molar-refractivity contribution in [1.29, 1.82) is 0 Å². The Bertz CT molecular complexity index is 516. The number of esters is 1. The number of amides is 2. The van der Waals surface area contributed by atoms with E-state index in [9.17, 15) is 14.4 Å². The van der Waals surface area contributed by atoms with E-state index >= 15 is 0 Å². The summed E-state index contributed by atoms with van der Waals surface area (Å²) in [6.07, 6.45) is 0. The maximum atomic E-state index is 11.3. The number of nitrogens with one attached hydrogen (secondary N) is 2. The van der Waals surface area contributed by atoms with Crippen LogP contribution in [0.15, 0.2) is 18.2 Å². The van der Waals surface area contributed by atoms with Crippen molar-refractivity contribution >= 4 is 40.8 Å². The zero-order valence-electron chi connectivity index (χ0n) is 10.5. The van der Waals surface area contributed by atoms with Crippen molar-refractivity contribution in [3.63, 3.8) is 0 Å². The van der Waals surface area contributed by atoms with E-state index in [2.05, 4.69) is 10.6 Å². The zero-order chi connectivity index (χ0) is 14.4. The van der Waals surface area contributed by atoms with Gasteiger partial charge < -0.3 is 15.4 Å². The van der Waals surface area contributed by atoms with E-state index < -0.39 is 11.9 Å². The minimum absolute atomic E-state index is 0.225. The Labute approximate surface area is 115 Å². The molecular formula is C12H13ClN2O4. The summed E-state index contributed by atoms with van der Waals surface area (Å²) in [6, 6.07) is 4.45. The van der Waals surface area contributed by atoms with Crippen LogP contribution in [0.25, 0.3) is 0 Å². The Hall–Kier alpha value is -2.08. The standard InChI is InChI=1S/C12H13ClN2O4/c1-7(16)14-10-4-3-9(19-8(2)17)5-11(10)15-12(18)6-13/h3-5H,6H2,1-2H3,(H,14,16)(H,15,18). The van der Waals surface area contributed by atoms with Gasteiger partial charge in [0.05, 0.1) is 11.4 Å². The first-order valence-corrected chi connectivity index (χ1v) is 5.91. The smallest absolute Gasteiger partial charge is 0.308 e. The van der Waals surface area contributed by atoms with Gasteiger partial charge in [-0.2, -0.15) is 0 Å². The molecule has 1 aromatic carbocycles. The molecule has 0 saturated heterocycles. The normalized spacial score (nSPS) is 9.63. The second-order valence-electron chi connectivity index (χ2n) is 3.66. The fourth-order valence-corrected chi connectivity index (χ4v) is 1.41. The molecule has 0 aliphatic carbocycles. The molecular weight excluding hydrogens is 272 g/mol. The molecule has 0 spiro atoms. The molecule has 0 atom stereocenters. The Morgan fingerprint density at radius 3 is 2.37 bits per heavy atom. The molecule has 19 heavy (non-hydrogen) atoms. The van der Waals surface area contributed by atoms with E-state index in [0.717, 1.165) is 0 Å². The van der Waals surface area contributed by atoms with Crippen LogP contribution in [0.4, 0.5) is 11.4 Å². The molecule has 0 saturated carbocycles. The summed E-state index contributed by atoms with van der Waals surface area (Å²) in [7, 11) is 0. The molecule has 0 radical (unpaired) electrons. The summed E-state index contributed by atoms with van der Waals surface area (Å²) >= 11 is 5.40. The number of alkyl halides is 1. The topological polar surface area (TPSA) is 84.5 Å². The first kappa shape index (κ1) is 15.0. The van der Waals surface area contributed by atoms with Crippen LogP contribution in [-0.4, -0.2) is 23.7 Å². The average molecular weight is 285 g/mol. The molecule has 0 aromatic heterocycles. The third-order valence-corrected chi connectivity index (χ3v) is 2.20. The summed E-state index contributed by atoms with van der Waals surface area (Å²) in [4.78, 5) is 33.2. The second-order valence-corrected chi connectivity index (χ2v) is 3.93. The van der Waals surface area contributed by atoms with E-state index in [1.54, 1.807) is 0 Å². The van der Waals surface area contributed by atoms with Crippen molar-refractivity contribution in [2.75, 3.05) is 16.5 Å². The van der Waals surface area contributed by atoms with Gasteiger partial charge in [0.25, 0.3) is 0 Å². The second kappa shape index (κ2) is 6.75. The maximum absolute atomic E-state index is 11.3. The van der Waals surface area contributed by atoms with Gasteiger partial charge in [0.15, 0.2) is 0 Å². The monoisotopic (exact) mass is 284 g/mol. The Kier molecular flexibility index (Phi) is 5.32. The van der Waals surface area contributed by atoms with E-state index in [4.69, 9.17) is 16.3 Å². The van der Waals surface area contributed by atoms with E-state index in [0.29, 0.717) is 11.4 Å². The van der Waals surface area contributed by atoms with Gasteiger partial charge in [-0.15, -0.1) is 11.6 Å². The Balaban J connectivity index is 3.06. The molecule has 7 heteroatoms. The summed E-state index contributed by atoms with van der Waals surface area (Å²) in [6.45, 7) is 2.60. The molecule has 0 bridgehead atoms. The molecule has 0 heterocycles. The van der Waals surface area contributed by atoms with Gasteiger partial charge in [-0.25, -0.2) is 0 Å². The third-order valence-electron chi connectivity index (χ3n) is 1.96. The molecule has 1 rings (SSSR count). The lowest BCUT2D eigenvalue weighted by molar-refractivity contribution is -0.131. The number of anilines is 2. The molecule has 6 nitrogen and oxygen atoms in total. The fourth-order valence-electron chi connectivity index (χ4n) is 1.34. The number of hydrogen-bond donors (Lipinski definition) is 2. The van der Waals surface area contributed by atoms with Gasteiger partial charge in [-0.3, -0.25) is 14.4 Å². The van der Waals surface area contributed by atoms with Crippen LogP contribution in [0.5, 0.6) is 5.75 Å². The molecule has 2 N–H and O–H groups in total. The quantitative estimate of drug-likeness (QED) is 0.501. The average Bonchev–Trinajstić information content (AvgIpc) is 2.31. The van der Waals surface area contributed by atoms with Crippen LogP contribution in [0.2, 0.25) is 0 Å². The van der Waals surface area contributed by atoms with Gasteiger partial charge in [-0.1, -0.05) is 0 Å². The number of halogens is 1. The lowest BCUT2D eigenvalue weighted by atomic mass is 10.2. The highest BCUT2D eigenvalue weighted by atomic mass is 35.5. The number of benzene rings is 1. The highest BCUT2D eigenvalue weighted by Gasteiger charge is 2.10. The van der Waals surface area contributed by atoms with Crippen LogP contribution < -0.4 is 15.4 Å². The van der Waals surface area contributed by atoms with Gasteiger partial charge in [-0.05, 0) is 12.1 Å². The van der Waals surface area contributed by atoms with Crippen LogP contribution in [0.1, 0.15) is 13.8 Å². The third kappa shape index (κ3) is 4.97. The molecule has 102 valence electrons. The highest BCUT2D eigenvalue weighted by Crippen LogP contribution is 2.27. The van der Waals surface area contributed by atoms with Crippen LogP contribution in [0.3, 0.4) is 0 Å². The Morgan fingerprint density at radius 1 is 1.16 bits per heavy atom. The van der Waals surface area contributed by atoms with E-state index in [1.165, 1.54) is 32.0 Å². The predicted molar refractivity (Wildman–Crippen MR) is 71.4 cm³/mol. The minimum atomic E-state index is -0.484. The van der Waals surface area contributed by atoms with Crippen LogP contribution in [-0.2, 0) is 14.4 Å². The highest BCUT2D eigenvalue weighted by molar-refractivity contribution is 6.29. The SMILES string of the molecule is CC(=O)Nc1ccc(OC(C)=O)cc1NC(=O)CCl. The fraction of sp³-hybridized carbons (Fsp3) is 0.250.